The summed E-state index contributed by atoms with van der Waals surface area (Å²) in [6.07, 6.45) is 7.07. The van der Waals surface area contributed by atoms with E-state index < -0.39 is 0 Å². The molecule has 0 amide bonds. The molecule has 2 heterocycles. The number of fused-ring (bicyclic) bond motifs is 1. The molecule has 0 saturated heterocycles. The molecule has 0 fully saturated rings. The second-order valence-corrected chi connectivity index (χ2v) is 2.83. The van der Waals surface area contributed by atoms with Gasteiger partial charge in [-0.1, -0.05) is 12.2 Å². The fraction of sp³-hybridized carbons (Fsp3) is 0.250. The third-order valence-corrected chi connectivity index (χ3v) is 1.81. The van der Waals surface area contributed by atoms with Gasteiger partial charge < -0.3 is 11.1 Å². The summed E-state index contributed by atoms with van der Waals surface area (Å²) in [5, 5.41) is 14.3. The van der Waals surface area contributed by atoms with Crippen molar-refractivity contribution < 1.29 is 0 Å². The van der Waals surface area contributed by atoms with E-state index >= 15 is 0 Å². The van der Waals surface area contributed by atoms with Crippen LogP contribution in [-0.4, -0.2) is 38.1 Å². The minimum absolute atomic E-state index is 0.537. The molecule has 2 rings (SSSR count). The third-order valence-electron chi connectivity index (χ3n) is 1.81. The topological polar surface area (TPSA) is 94.0 Å². The van der Waals surface area contributed by atoms with Gasteiger partial charge in [0.2, 0.25) is 0 Å². The maximum atomic E-state index is 5.32. The Morgan fingerprint density at radius 1 is 1.40 bits per heavy atom. The second-order valence-electron chi connectivity index (χ2n) is 2.83. The highest BCUT2D eigenvalue weighted by Gasteiger charge is 2.01. The highest BCUT2D eigenvalue weighted by Crippen LogP contribution is 2.04. The Bertz CT molecular complexity index is 461. The van der Waals surface area contributed by atoms with E-state index in [2.05, 4.69) is 25.8 Å². The van der Waals surface area contributed by atoms with Gasteiger partial charge in [0.25, 0.3) is 0 Å². The van der Waals surface area contributed by atoms with Crippen molar-refractivity contribution in [3.63, 3.8) is 0 Å². The summed E-state index contributed by atoms with van der Waals surface area (Å²) in [6.45, 7) is 1.20. The van der Waals surface area contributed by atoms with Gasteiger partial charge in [-0.3, -0.25) is 4.98 Å². The zero-order valence-corrected chi connectivity index (χ0v) is 8.04. The first-order valence-corrected chi connectivity index (χ1v) is 4.53. The zero-order chi connectivity index (χ0) is 10.5. The van der Waals surface area contributed by atoms with E-state index in [0.29, 0.717) is 18.7 Å². The summed E-state index contributed by atoms with van der Waals surface area (Å²) in [5.41, 5.74) is 5.93. The SMILES string of the molecule is NC/C=C/CNc1cncc2nnnn12. The van der Waals surface area contributed by atoms with E-state index in [0.717, 1.165) is 5.82 Å². The van der Waals surface area contributed by atoms with Crippen molar-refractivity contribution in [2.75, 3.05) is 18.4 Å². The molecular weight excluding hydrogens is 194 g/mol. The van der Waals surface area contributed by atoms with Crippen molar-refractivity contribution in [3.8, 4) is 0 Å². The summed E-state index contributed by atoms with van der Waals surface area (Å²) in [4.78, 5) is 4.01. The quantitative estimate of drug-likeness (QED) is 0.650. The van der Waals surface area contributed by atoms with Crippen LogP contribution in [0.4, 0.5) is 5.82 Å². The monoisotopic (exact) mass is 205 g/mol. The van der Waals surface area contributed by atoms with Crippen LogP contribution in [0.25, 0.3) is 5.65 Å². The Balaban J connectivity index is 2.13. The molecule has 78 valence electrons. The first kappa shape index (κ1) is 9.53. The summed E-state index contributed by atoms with van der Waals surface area (Å²) < 4.78 is 1.59. The molecule has 2 aromatic heterocycles. The fourth-order valence-corrected chi connectivity index (χ4v) is 1.14. The maximum Gasteiger partial charge on any atom is 0.199 e. The first-order chi connectivity index (χ1) is 7.42. The number of tetrazole rings is 1. The van der Waals surface area contributed by atoms with E-state index in [1.165, 1.54) is 0 Å². The zero-order valence-electron chi connectivity index (χ0n) is 8.04. The number of nitrogens with one attached hydrogen (secondary N) is 1. The molecule has 3 N–H and O–H groups in total. The van der Waals surface area contributed by atoms with Gasteiger partial charge in [0, 0.05) is 13.1 Å². The Labute approximate surface area is 86.0 Å². The van der Waals surface area contributed by atoms with Gasteiger partial charge >= 0.3 is 0 Å². The average molecular weight is 205 g/mol. The molecule has 0 unspecified atom stereocenters. The summed E-state index contributed by atoms with van der Waals surface area (Å²) in [6, 6.07) is 0. The van der Waals surface area contributed by atoms with Crippen molar-refractivity contribution in [1.82, 2.24) is 25.0 Å². The molecule has 0 radical (unpaired) electrons. The number of nitrogens with zero attached hydrogens (tertiary/aromatic N) is 5. The number of anilines is 1. The van der Waals surface area contributed by atoms with Crippen molar-refractivity contribution >= 4 is 11.5 Å². The minimum Gasteiger partial charge on any atom is -0.365 e. The smallest absolute Gasteiger partial charge is 0.199 e. The lowest BCUT2D eigenvalue weighted by molar-refractivity contribution is 0.822. The van der Waals surface area contributed by atoms with Crippen LogP contribution in [-0.2, 0) is 0 Å². The van der Waals surface area contributed by atoms with E-state index in [-0.39, 0.29) is 0 Å². The van der Waals surface area contributed by atoms with Gasteiger partial charge in [-0.15, -0.1) is 5.10 Å². The predicted molar refractivity (Wildman–Crippen MR) is 55.3 cm³/mol. The molecule has 0 aliphatic heterocycles. The molecule has 2 aromatic rings. The van der Waals surface area contributed by atoms with E-state index in [1.54, 1.807) is 16.9 Å². The lowest BCUT2D eigenvalue weighted by atomic mass is 10.5. The number of hydrogen-bond donors (Lipinski definition) is 2. The van der Waals surface area contributed by atoms with Gasteiger partial charge in [-0.2, -0.15) is 4.52 Å². The number of rotatable bonds is 4. The average Bonchev–Trinajstić information content (AvgIpc) is 2.73. The number of hydrogen-bond acceptors (Lipinski definition) is 6. The van der Waals surface area contributed by atoms with Crippen LogP contribution in [0.5, 0.6) is 0 Å². The molecule has 0 aliphatic carbocycles. The molecule has 15 heavy (non-hydrogen) atoms. The van der Waals surface area contributed by atoms with Crippen molar-refractivity contribution in [2.24, 2.45) is 5.73 Å². The number of nitrogens with two attached hydrogens (primary N) is 1. The normalized spacial score (nSPS) is 11.3. The summed E-state index contributed by atoms with van der Waals surface area (Å²) in [5.74, 6) is 0.749. The van der Waals surface area contributed by atoms with Crippen molar-refractivity contribution in [2.45, 2.75) is 0 Å². The second kappa shape index (κ2) is 4.47. The van der Waals surface area contributed by atoms with Crippen molar-refractivity contribution in [3.05, 3.63) is 24.5 Å². The minimum atomic E-state index is 0.537. The maximum absolute atomic E-state index is 5.32. The fourth-order valence-electron chi connectivity index (χ4n) is 1.14. The van der Waals surface area contributed by atoms with Crippen LogP contribution < -0.4 is 11.1 Å². The lowest BCUT2D eigenvalue weighted by Gasteiger charge is -2.02. The van der Waals surface area contributed by atoms with Gasteiger partial charge in [0.1, 0.15) is 0 Å². The largest absolute Gasteiger partial charge is 0.365 e. The molecule has 0 saturated carbocycles. The third kappa shape index (κ3) is 2.08. The van der Waals surface area contributed by atoms with Gasteiger partial charge in [0.15, 0.2) is 11.5 Å². The predicted octanol–water partition coefficient (Wildman–Crippen LogP) is -0.554. The molecule has 7 nitrogen and oxygen atoms in total. The van der Waals surface area contributed by atoms with E-state index in [9.17, 15) is 0 Å². The Hall–Kier alpha value is -2.02. The molecule has 0 aromatic carbocycles. The highest BCUT2D eigenvalue weighted by molar-refractivity contribution is 5.43. The molecule has 7 heteroatoms. The van der Waals surface area contributed by atoms with Crippen LogP contribution in [0.3, 0.4) is 0 Å². The van der Waals surface area contributed by atoms with E-state index in [4.69, 9.17) is 5.73 Å². The van der Waals surface area contributed by atoms with Gasteiger partial charge in [-0.25, -0.2) is 0 Å². The first-order valence-electron chi connectivity index (χ1n) is 4.53. The van der Waals surface area contributed by atoms with Gasteiger partial charge in [-0.05, 0) is 10.4 Å². The van der Waals surface area contributed by atoms with Crippen LogP contribution in [0.1, 0.15) is 0 Å². The molecule has 0 atom stereocenters. The number of aromatic nitrogens is 5. The molecule has 0 bridgehead atoms. The highest BCUT2D eigenvalue weighted by atomic mass is 15.5. The Morgan fingerprint density at radius 2 is 2.33 bits per heavy atom. The summed E-state index contributed by atoms with van der Waals surface area (Å²) in [7, 11) is 0. The van der Waals surface area contributed by atoms with Gasteiger partial charge in [0.05, 0.1) is 12.4 Å². The van der Waals surface area contributed by atoms with Crippen LogP contribution in [0.15, 0.2) is 24.5 Å². The molecule has 0 aliphatic rings. The standard InChI is InChI=1S/C8H11N7/c9-3-1-2-4-11-7-5-10-6-8-12-13-14-15(7)8/h1-2,5-6,11H,3-4,9H2/b2-1+. The van der Waals surface area contributed by atoms with Crippen LogP contribution >= 0.6 is 0 Å². The van der Waals surface area contributed by atoms with Crippen LogP contribution in [0.2, 0.25) is 0 Å². The lowest BCUT2D eigenvalue weighted by Crippen LogP contribution is -2.06. The van der Waals surface area contributed by atoms with E-state index in [1.807, 2.05) is 12.2 Å². The molecular formula is C8H11N7. The Kier molecular flexibility index (Phi) is 2.84. The molecule has 0 spiro atoms. The van der Waals surface area contributed by atoms with Crippen LogP contribution in [0, 0.1) is 0 Å². The summed E-state index contributed by atoms with van der Waals surface area (Å²) >= 11 is 0. The Morgan fingerprint density at radius 3 is 3.20 bits per heavy atom. The van der Waals surface area contributed by atoms with Crippen molar-refractivity contribution in [1.29, 1.82) is 0 Å².